The summed E-state index contributed by atoms with van der Waals surface area (Å²) in [6, 6.07) is 20.6. The summed E-state index contributed by atoms with van der Waals surface area (Å²) in [5, 5.41) is 16.9. The topological polar surface area (TPSA) is 126 Å². The van der Waals surface area contributed by atoms with E-state index >= 15 is 0 Å². The Morgan fingerprint density at radius 2 is 1.87 bits per heavy atom. The second-order valence-electron chi connectivity index (χ2n) is 8.36. The summed E-state index contributed by atoms with van der Waals surface area (Å²) >= 11 is 1.22. The number of benzene rings is 3. The zero-order valence-electron chi connectivity index (χ0n) is 21.4. The van der Waals surface area contributed by atoms with Crippen LogP contribution in [-0.2, 0) is 9.59 Å². The molecule has 1 saturated heterocycles. The first-order valence-corrected chi connectivity index (χ1v) is 13.1. The number of thioether (sulfide) groups is 1. The smallest absolute Gasteiger partial charge is 0.271 e. The van der Waals surface area contributed by atoms with Crippen molar-refractivity contribution in [3.8, 4) is 5.75 Å². The van der Waals surface area contributed by atoms with Gasteiger partial charge in [0.25, 0.3) is 17.5 Å². The minimum absolute atomic E-state index is 0.128. The molecule has 1 aliphatic rings. The van der Waals surface area contributed by atoms with Crippen LogP contribution in [0.4, 0.5) is 22.7 Å². The zero-order chi connectivity index (χ0) is 27.8. The summed E-state index contributed by atoms with van der Waals surface area (Å²) in [5.74, 6) is -0.340. The Kier molecular flexibility index (Phi) is 8.95. The van der Waals surface area contributed by atoms with Crippen molar-refractivity contribution < 1.29 is 19.2 Å². The van der Waals surface area contributed by atoms with Crippen LogP contribution in [0.2, 0.25) is 0 Å². The highest BCUT2D eigenvalue weighted by atomic mass is 32.2. The number of nitro groups is 1. The van der Waals surface area contributed by atoms with Gasteiger partial charge in [0.15, 0.2) is 11.8 Å². The minimum atomic E-state index is -0.530. The second kappa shape index (κ2) is 12.7. The molecular formula is C28H27N5O5S. The summed E-state index contributed by atoms with van der Waals surface area (Å²) < 4.78 is 5.91. The van der Waals surface area contributed by atoms with Crippen molar-refractivity contribution in [1.82, 2.24) is 5.32 Å². The van der Waals surface area contributed by atoms with E-state index in [0.717, 1.165) is 24.5 Å². The Balaban J connectivity index is 1.55. The number of rotatable bonds is 10. The van der Waals surface area contributed by atoms with Crippen molar-refractivity contribution in [1.29, 1.82) is 0 Å². The van der Waals surface area contributed by atoms with Gasteiger partial charge in [-0.2, -0.15) is 0 Å². The molecule has 1 heterocycles. The van der Waals surface area contributed by atoms with Gasteiger partial charge in [0.1, 0.15) is 5.75 Å². The van der Waals surface area contributed by atoms with Crippen LogP contribution in [0.3, 0.4) is 0 Å². The molecule has 3 aromatic rings. The molecule has 10 nitrogen and oxygen atoms in total. The maximum Gasteiger partial charge on any atom is 0.271 e. The average molecular weight is 546 g/mol. The molecule has 0 bridgehead atoms. The van der Waals surface area contributed by atoms with E-state index in [2.05, 4.69) is 20.5 Å². The Hall–Kier alpha value is -4.64. The second-order valence-corrected chi connectivity index (χ2v) is 9.39. The van der Waals surface area contributed by atoms with Gasteiger partial charge < -0.3 is 20.3 Å². The van der Waals surface area contributed by atoms with Crippen LogP contribution in [0.1, 0.15) is 19.4 Å². The van der Waals surface area contributed by atoms with Crippen molar-refractivity contribution in [2.24, 2.45) is 4.99 Å². The van der Waals surface area contributed by atoms with Crippen molar-refractivity contribution in [2.75, 3.05) is 29.9 Å². The normalized spacial score (nSPS) is 14.8. The molecule has 0 aromatic heterocycles. The van der Waals surface area contributed by atoms with Crippen LogP contribution in [-0.4, -0.2) is 41.6 Å². The van der Waals surface area contributed by atoms with Gasteiger partial charge in [-0.15, -0.1) is 0 Å². The van der Waals surface area contributed by atoms with Gasteiger partial charge in [-0.05, 0) is 62.0 Å². The maximum absolute atomic E-state index is 12.7. The first-order valence-electron chi connectivity index (χ1n) is 12.3. The lowest BCUT2D eigenvalue weighted by Gasteiger charge is -2.22. The van der Waals surface area contributed by atoms with Gasteiger partial charge in [-0.1, -0.05) is 24.3 Å². The number of nitrogens with one attached hydrogen (secondary N) is 2. The number of ether oxygens (including phenoxy) is 1. The number of nitrogens with zero attached hydrogens (tertiary/aromatic N) is 3. The lowest BCUT2D eigenvalue weighted by Crippen LogP contribution is -2.23. The van der Waals surface area contributed by atoms with Crippen molar-refractivity contribution in [3.05, 3.63) is 93.4 Å². The third kappa shape index (κ3) is 7.23. The molecule has 0 radical (unpaired) electrons. The summed E-state index contributed by atoms with van der Waals surface area (Å²) in [7, 11) is 0. The Labute approximate surface area is 229 Å². The van der Waals surface area contributed by atoms with Gasteiger partial charge in [-0.25, -0.2) is 4.99 Å². The summed E-state index contributed by atoms with van der Waals surface area (Å²) in [5.41, 5.74) is 2.42. The van der Waals surface area contributed by atoms with Crippen LogP contribution < -0.4 is 20.3 Å². The Morgan fingerprint density at radius 1 is 1.10 bits per heavy atom. The molecule has 39 heavy (non-hydrogen) atoms. The first-order chi connectivity index (χ1) is 18.9. The molecule has 1 fully saturated rings. The zero-order valence-corrected chi connectivity index (χ0v) is 22.2. The third-order valence-corrected chi connectivity index (χ3v) is 6.66. The van der Waals surface area contributed by atoms with Crippen LogP contribution >= 0.6 is 11.8 Å². The van der Waals surface area contributed by atoms with E-state index in [4.69, 9.17) is 4.74 Å². The van der Waals surface area contributed by atoms with Crippen LogP contribution in [0, 0.1) is 10.1 Å². The Morgan fingerprint density at radius 3 is 2.59 bits per heavy atom. The molecule has 0 saturated carbocycles. The lowest BCUT2D eigenvalue weighted by atomic mass is 10.1. The number of anilines is 2. The van der Waals surface area contributed by atoms with Crippen molar-refractivity contribution >= 4 is 57.6 Å². The highest BCUT2D eigenvalue weighted by Crippen LogP contribution is 2.33. The fourth-order valence-corrected chi connectivity index (χ4v) is 4.66. The van der Waals surface area contributed by atoms with E-state index in [1.807, 2.05) is 62.4 Å². The summed E-state index contributed by atoms with van der Waals surface area (Å²) in [6.45, 7) is 5.31. The lowest BCUT2D eigenvalue weighted by molar-refractivity contribution is -0.384. The summed E-state index contributed by atoms with van der Waals surface area (Å²) in [6.07, 6.45) is 1.70. The maximum atomic E-state index is 12.7. The fourth-order valence-electron chi connectivity index (χ4n) is 3.83. The van der Waals surface area contributed by atoms with Gasteiger partial charge in [0.2, 0.25) is 0 Å². The van der Waals surface area contributed by atoms with Crippen molar-refractivity contribution in [3.63, 3.8) is 0 Å². The molecular weight excluding hydrogens is 518 g/mol. The molecule has 3 aromatic carbocycles. The highest BCUT2D eigenvalue weighted by Gasteiger charge is 2.24. The standard InChI is InChI=1S/C28H27N5O5S/c1-3-32(4-2)22-14-13-19(15-25-27(35)31-28(39-25)30-20-9-6-5-7-10-20)24(17-22)38-18-26(34)29-21-11-8-12-23(16-21)33(36)37/h5-17H,3-4,18H2,1-2H3,(H,29,34)(H,30,31,35)/b25-15-. The molecule has 2 amide bonds. The number of hydrogen-bond acceptors (Lipinski definition) is 8. The number of amidine groups is 1. The van der Waals surface area contributed by atoms with Gasteiger partial charge in [0, 0.05) is 48.2 Å². The molecule has 2 N–H and O–H groups in total. The number of hydrogen-bond donors (Lipinski definition) is 2. The van der Waals surface area contributed by atoms with Crippen LogP contribution in [0.5, 0.6) is 5.75 Å². The fraction of sp³-hybridized carbons (Fsp3) is 0.179. The number of carbonyl (C=O) groups excluding carboxylic acids is 2. The first kappa shape index (κ1) is 27.4. The highest BCUT2D eigenvalue weighted by molar-refractivity contribution is 8.18. The SMILES string of the molecule is CCN(CC)c1ccc(/C=C2\SC(=Nc3ccccc3)NC2=O)c(OCC(=O)Nc2cccc([N+](=O)[O-])c2)c1. The predicted octanol–water partition coefficient (Wildman–Crippen LogP) is 5.35. The van der Waals surface area contributed by atoms with E-state index in [1.54, 1.807) is 12.1 Å². The van der Waals surface area contributed by atoms with E-state index < -0.39 is 10.8 Å². The van der Waals surface area contributed by atoms with Gasteiger partial charge in [-0.3, -0.25) is 19.7 Å². The van der Waals surface area contributed by atoms with Crippen LogP contribution in [0.15, 0.2) is 82.7 Å². The van der Waals surface area contributed by atoms with E-state index in [-0.39, 0.29) is 18.2 Å². The number of non-ortho nitro benzene ring substituents is 1. The molecule has 11 heteroatoms. The number of carbonyl (C=O) groups is 2. The molecule has 0 unspecified atom stereocenters. The van der Waals surface area contributed by atoms with E-state index in [0.29, 0.717) is 27.1 Å². The number of amides is 2. The van der Waals surface area contributed by atoms with Gasteiger partial charge >= 0.3 is 0 Å². The number of aliphatic imine (C=N–C) groups is 1. The van der Waals surface area contributed by atoms with E-state index in [9.17, 15) is 19.7 Å². The quantitative estimate of drug-likeness (QED) is 0.200. The number of para-hydroxylation sites is 1. The molecule has 0 aliphatic carbocycles. The Bertz CT molecular complexity index is 1440. The molecule has 4 rings (SSSR count). The van der Waals surface area contributed by atoms with Crippen LogP contribution in [0.25, 0.3) is 6.08 Å². The van der Waals surface area contributed by atoms with Gasteiger partial charge in [0.05, 0.1) is 15.5 Å². The van der Waals surface area contributed by atoms with Crippen molar-refractivity contribution in [2.45, 2.75) is 13.8 Å². The molecule has 1 aliphatic heterocycles. The molecule has 0 atom stereocenters. The third-order valence-electron chi connectivity index (χ3n) is 5.75. The monoisotopic (exact) mass is 545 g/mol. The predicted molar refractivity (Wildman–Crippen MR) is 154 cm³/mol. The van der Waals surface area contributed by atoms with E-state index in [1.165, 1.54) is 30.0 Å². The summed E-state index contributed by atoms with van der Waals surface area (Å²) in [4.78, 5) is 42.8. The minimum Gasteiger partial charge on any atom is -0.483 e. The average Bonchev–Trinajstić information content (AvgIpc) is 3.27. The number of nitro benzene ring substituents is 1. The largest absolute Gasteiger partial charge is 0.483 e. The molecule has 200 valence electrons. The molecule has 0 spiro atoms.